The molecule has 8 nitrogen and oxygen atoms in total. The predicted molar refractivity (Wildman–Crippen MR) is 169 cm³/mol. The smallest absolute Gasteiger partial charge is 0.337 e. The van der Waals surface area contributed by atoms with E-state index in [9.17, 15) is 4.79 Å². The van der Waals surface area contributed by atoms with Gasteiger partial charge in [0, 0.05) is 12.3 Å². The lowest BCUT2D eigenvalue weighted by Gasteiger charge is -2.32. The van der Waals surface area contributed by atoms with E-state index in [0.29, 0.717) is 34.8 Å². The zero-order valence-corrected chi connectivity index (χ0v) is 26.0. The van der Waals surface area contributed by atoms with Gasteiger partial charge in [-0.1, -0.05) is 23.7 Å². The Morgan fingerprint density at radius 3 is 2.55 bits per heavy atom. The van der Waals surface area contributed by atoms with Crippen molar-refractivity contribution >= 4 is 28.6 Å². The molecule has 7 rings (SSSR count). The highest BCUT2D eigenvalue weighted by Crippen LogP contribution is 2.42. The molecular weight excluding hydrogens is 576 g/mol. The third kappa shape index (κ3) is 6.63. The maximum Gasteiger partial charge on any atom is 0.337 e. The zero-order chi connectivity index (χ0) is 30.0. The van der Waals surface area contributed by atoms with E-state index in [-0.39, 0.29) is 12.1 Å². The Morgan fingerprint density at radius 2 is 1.82 bits per heavy atom. The Morgan fingerprint density at radius 1 is 1.00 bits per heavy atom. The Labute approximate surface area is 263 Å². The van der Waals surface area contributed by atoms with Crippen molar-refractivity contribution in [3.8, 4) is 5.75 Å². The van der Waals surface area contributed by atoms with E-state index in [1.54, 1.807) is 6.07 Å². The van der Waals surface area contributed by atoms with Crippen molar-refractivity contribution in [1.29, 1.82) is 0 Å². The fraction of sp³-hybridized carbons (Fsp3) is 0.457. The third-order valence-electron chi connectivity index (χ3n) is 9.24. The lowest BCUT2D eigenvalue weighted by atomic mass is 9.92. The van der Waals surface area contributed by atoms with Crippen LogP contribution in [-0.4, -0.2) is 58.3 Å². The molecule has 1 saturated carbocycles. The summed E-state index contributed by atoms with van der Waals surface area (Å²) in [6.07, 6.45) is 6.94. The van der Waals surface area contributed by atoms with Crippen LogP contribution in [0.1, 0.15) is 71.2 Å². The number of aromatic nitrogens is 3. The predicted octanol–water partition coefficient (Wildman–Crippen LogP) is 6.57. The minimum atomic E-state index is -0.335. The van der Waals surface area contributed by atoms with Crippen LogP contribution >= 0.6 is 11.6 Å². The molecule has 0 amide bonds. The fourth-order valence-electron chi connectivity index (χ4n) is 6.40. The fourth-order valence-corrected chi connectivity index (χ4v) is 6.64. The van der Waals surface area contributed by atoms with E-state index >= 15 is 0 Å². The molecule has 2 aliphatic heterocycles. The number of methoxy groups -OCH3 is 1. The molecule has 1 aliphatic carbocycles. The summed E-state index contributed by atoms with van der Waals surface area (Å²) in [6.45, 7) is 4.76. The molecule has 0 unspecified atom stereocenters. The molecule has 230 valence electrons. The van der Waals surface area contributed by atoms with E-state index in [2.05, 4.69) is 27.7 Å². The summed E-state index contributed by atoms with van der Waals surface area (Å²) < 4.78 is 19.0. The first kappa shape index (κ1) is 29.3. The second-order valence-corrected chi connectivity index (χ2v) is 12.8. The van der Waals surface area contributed by atoms with Crippen LogP contribution in [0.4, 0.5) is 0 Å². The Bertz CT molecular complexity index is 1640. The second kappa shape index (κ2) is 12.9. The number of likely N-dealkylation sites (tertiary alicyclic amines) is 1. The van der Waals surface area contributed by atoms with Gasteiger partial charge in [0.25, 0.3) is 0 Å². The number of carbonyl (C=O) groups is 1. The van der Waals surface area contributed by atoms with E-state index in [0.717, 1.165) is 86.7 Å². The average molecular weight is 615 g/mol. The number of piperidine rings is 1. The third-order valence-corrected chi connectivity index (χ3v) is 9.54. The summed E-state index contributed by atoms with van der Waals surface area (Å²) in [5, 5.41) is 0.676. The molecule has 0 radical (unpaired) electrons. The highest BCUT2D eigenvalue weighted by Gasteiger charge is 2.26. The monoisotopic (exact) mass is 614 g/mol. The second-order valence-electron chi connectivity index (χ2n) is 12.4. The first-order valence-electron chi connectivity index (χ1n) is 15.8. The highest BCUT2D eigenvalue weighted by molar-refractivity contribution is 6.32. The molecule has 2 aromatic heterocycles. The first-order valence-corrected chi connectivity index (χ1v) is 16.2. The van der Waals surface area contributed by atoms with Crippen molar-refractivity contribution < 1.29 is 19.0 Å². The van der Waals surface area contributed by atoms with Crippen molar-refractivity contribution in [2.75, 3.05) is 26.8 Å². The number of rotatable bonds is 11. The maximum absolute atomic E-state index is 12.2. The van der Waals surface area contributed by atoms with Gasteiger partial charge < -0.3 is 18.8 Å². The van der Waals surface area contributed by atoms with Gasteiger partial charge in [0.1, 0.15) is 18.2 Å². The van der Waals surface area contributed by atoms with E-state index in [1.165, 1.54) is 25.5 Å². The molecule has 1 atom stereocenters. The molecule has 0 spiro atoms. The van der Waals surface area contributed by atoms with Gasteiger partial charge in [-0.05, 0) is 111 Å². The van der Waals surface area contributed by atoms with Crippen molar-refractivity contribution in [2.45, 2.75) is 70.2 Å². The van der Waals surface area contributed by atoms with Gasteiger partial charge in [0.15, 0.2) is 0 Å². The summed E-state index contributed by atoms with van der Waals surface area (Å²) in [5.74, 6) is 2.66. The van der Waals surface area contributed by atoms with Gasteiger partial charge in [0.05, 0.1) is 53.6 Å². The van der Waals surface area contributed by atoms with Crippen LogP contribution in [-0.2, 0) is 35.6 Å². The summed E-state index contributed by atoms with van der Waals surface area (Å²) in [5.41, 5.74) is 5.74. The van der Waals surface area contributed by atoms with Gasteiger partial charge >= 0.3 is 5.97 Å². The number of halogens is 1. The molecule has 9 heteroatoms. The topological polar surface area (TPSA) is 78.7 Å². The molecule has 3 aliphatic rings. The van der Waals surface area contributed by atoms with Crippen molar-refractivity contribution in [1.82, 2.24) is 19.4 Å². The normalized spacial score (nSPS) is 19.2. The quantitative estimate of drug-likeness (QED) is 0.177. The van der Waals surface area contributed by atoms with E-state index in [1.807, 2.05) is 30.3 Å². The van der Waals surface area contributed by atoms with E-state index < -0.39 is 0 Å². The van der Waals surface area contributed by atoms with Crippen LogP contribution in [0.15, 0.2) is 54.6 Å². The van der Waals surface area contributed by atoms with Crippen LogP contribution < -0.4 is 4.74 Å². The number of nitrogens with zero attached hydrogens (tertiary/aromatic N) is 4. The number of fused-ring (bicyclic) bond motifs is 1. The van der Waals surface area contributed by atoms with Gasteiger partial charge in [-0.2, -0.15) is 0 Å². The lowest BCUT2D eigenvalue weighted by Crippen LogP contribution is -2.36. The van der Waals surface area contributed by atoms with Crippen LogP contribution in [0.3, 0.4) is 0 Å². The minimum absolute atomic E-state index is 0.192. The van der Waals surface area contributed by atoms with Gasteiger partial charge in [-0.25, -0.2) is 9.78 Å². The molecular formula is C35H39ClN4O4. The SMILES string of the molecule is COC(=O)c1ccc2nc(CN3CCC(Cc4cccc(COc5ccc(C6CC6)cc5Cl)n4)CC3)n(C[C@@H]3CCO3)c2c1. The van der Waals surface area contributed by atoms with Crippen molar-refractivity contribution in [3.05, 3.63) is 88.0 Å². The number of hydrogen-bond donors (Lipinski definition) is 0. The Balaban J connectivity index is 0.954. The Kier molecular flexibility index (Phi) is 8.56. The summed E-state index contributed by atoms with van der Waals surface area (Å²) in [4.78, 5) is 24.6. The number of hydrogen-bond acceptors (Lipinski definition) is 7. The number of pyridine rings is 1. The molecule has 0 N–H and O–H groups in total. The van der Waals surface area contributed by atoms with E-state index in [4.69, 9.17) is 35.8 Å². The van der Waals surface area contributed by atoms with Crippen molar-refractivity contribution in [3.63, 3.8) is 0 Å². The number of ether oxygens (including phenoxy) is 3. The maximum atomic E-state index is 12.2. The molecule has 0 bridgehead atoms. The average Bonchev–Trinajstić information content (AvgIpc) is 3.81. The lowest BCUT2D eigenvalue weighted by molar-refractivity contribution is -0.0592. The minimum Gasteiger partial charge on any atom is -0.486 e. The molecule has 3 fully saturated rings. The van der Waals surface area contributed by atoms with Crippen LogP contribution in [0, 0.1) is 5.92 Å². The number of carbonyl (C=O) groups excluding carboxylic acids is 1. The number of imidazole rings is 1. The zero-order valence-electron chi connectivity index (χ0n) is 25.2. The highest BCUT2D eigenvalue weighted by atomic mass is 35.5. The molecule has 2 saturated heterocycles. The summed E-state index contributed by atoms with van der Waals surface area (Å²) >= 11 is 6.50. The standard InChI is InChI=1S/C35H39ClN4O4/c1-42-35(41)26-7-9-31-32(19-26)40(20-29-13-16-43-29)34(38-31)21-39-14-11-23(12-15-39)17-27-3-2-4-28(37-27)22-44-33-10-8-25(18-30(33)36)24-5-6-24/h2-4,7-10,18-19,23-24,29H,5-6,11-17,20-22H2,1H3/t29-/m0/s1. The van der Waals surface area contributed by atoms with Crippen LogP contribution in [0.25, 0.3) is 11.0 Å². The first-order chi connectivity index (χ1) is 21.5. The summed E-state index contributed by atoms with van der Waals surface area (Å²) in [6, 6.07) is 18.0. The van der Waals surface area contributed by atoms with Crippen molar-refractivity contribution in [2.24, 2.45) is 5.92 Å². The molecule has 44 heavy (non-hydrogen) atoms. The van der Waals surface area contributed by atoms with Crippen LogP contribution in [0.5, 0.6) is 5.75 Å². The van der Waals surface area contributed by atoms with Crippen LogP contribution in [0.2, 0.25) is 5.02 Å². The number of esters is 1. The molecule has 4 aromatic rings. The summed E-state index contributed by atoms with van der Waals surface area (Å²) in [7, 11) is 1.41. The van der Waals surface area contributed by atoms with Gasteiger partial charge in [-0.15, -0.1) is 0 Å². The molecule has 2 aromatic carbocycles. The Hall–Kier alpha value is -3.46. The molecule has 4 heterocycles. The number of benzene rings is 2. The largest absolute Gasteiger partial charge is 0.486 e. The van der Waals surface area contributed by atoms with Gasteiger partial charge in [0.2, 0.25) is 0 Å². The van der Waals surface area contributed by atoms with Gasteiger partial charge in [-0.3, -0.25) is 9.88 Å².